The van der Waals surface area contributed by atoms with E-state index in [9.17, 15) is 9.18 Å². The van der Waals surface area contributed by atoms with Crippen molar-refractivity contribution >= 4 is 28.9 Å². The molecule has 0 atom stereocenters. The van der Waals surface area contributed by atoms with Gasteiger partial charge in [0.15, 0.2) is 5.17 Å². The molecule has 1 aliphatic rings. The summed E-state index contributed by atoms with van der Waals surface area (Å²) in [5.74, 6) is -0.429. The van der Waals surface area contributed by atoms with E-state index in [-0.39, 0.29) is 11.7 Å². The maximum absolute atomic E-state index is 12.9. The fourth-order valence-electron chi connectivity index (χ4n) is 1.92. The molecule has 112 valence electrons. The third-order valence-electron chi connectivity index (χ3n) is 2.98. The Labute approximate surface area is 130 Å². The lowest BCUT2D eigenvalue weighted by Gasteiger charge is -2.11. The molecule has 3 rings (SSSR count). The zero-order valence-corrected chi connectivity index (χ0v) is 12.5. The van der Waals surface area contributed by atoms with Crippen molar-refractivity contribution in [3.05, 3.63) is 53.2 Å². The zero-order valence-electron chi connectivity index (χ0n) is 11.7. The highest BCUT2D eigenvalue weighted by Crippen LogP contribution is 2.32. The summed E-state index contributed by atoms with van der Waals surface area (Å²) in [6.45, 7) is 2.38. The zero-order chi connectivity index (χ0) is 15.5. The lowest BCUT2D eigenvalue weighted by atomic mass is 10.2. The fourth-order valence-corrected chi connectivity index (χ4v) is 2.96. The van der Waals surface area contributed by atoms with Crippen LogP contribution in [0, 0.1) is 5.82 Å². The Morgan fingerprint density at radius 3 is 2.59 bits per heavy atom. The molecule has 1 aromatic heterocycles. The maximum Gasteiger partial charge on any atom is 0.266 e. The van der Waals surface area contributed by atoms with Crippen LogP contribution in [0.3, 0.4) is 0 Å². The van der Waals surface area contributed by atoms with Crippen molar-refractivity contribution in [1.82, 2.24) is 19.8 Å². The fraction of sp³-hybridized carbons (Fsp3) is 0.143. The number of nitrogens with zero attached hydrogens (tertiary/aromatic N) is 5. The number of carbonyl (C=O) groups excluding carboxylic acids is 1. The smallest absolute Gasteiger partial charge is 0.266 e. The Balaban J connectivity index is 1.91. The Bertz CT molecular complexity index is 739. The molecule has 0 radical (unpaired) electrons. The molecule has 0 spiro atoms. The Morgan fingerprint density at radius 2 is 1.95 bits per heavy atom. The number of amidine groups is 1. The van der Waals surface area contributed by atoms with E-state index in [4.69, 9.17) is 0 Å². The summed E-state index contributed by atoms with van der Waals surface area (Å²) < 4.78 is 14.4. The van der Waals surface area contributed by atoms with Gasteiger partial charge in [0.05, 0.1) is 4.91 Å². The Morgan fingerprint density at radius 1 is 1.27 bits per heavy atom. The summed E-state index contributed by atoms with van der Waals surface area (Å²) in [6, 6.07) is 5.98. The lowest BCUT2D eigenvalue weighted by molar-refractivity contribution is -0.122. The van der Waals surface area contributed by atoms with Crippen LogP contribution in [0.25, 0.3) is 6.08 Å². The van der Waals surface area contributed by atoms with Gasteiger partial charge >= 0.3 is 0 Å². The Hall–Kier alpha value is -2.48. The van der Waals surface area contributed by atoms with Crippen LogP contribution in [-0.4, -0.2) is 37.4 Å². The van der Waals surface area contributed by atoms with Crippen LogP contribution >= 0.6 is 11.8 Å². The molecule has 0 N–H and O–H groups in total. The molecule has 0 unspecified atom stereocenters. The van der Waals surface area contributed by atoms with Crippen molar-refractivity contribution in [2.75, 3.05) is 6.54 Å². The second kappa shape index (κ2) is 6.10. The molecule has 6 nitrogen and oxygen atoms in total. The SMILES string of the molecule is CCN1C(=O)C(=Cc2ccc(F)cc2)SC1=Nn1cnnc1. The highest BCUT2D eigenvalue weighted by Gasteiger charge is 2.32. The van der Waals surface area contributed by atoms with Crippen molar-refractivity contribution in [3.63, 3.8) is 0 Å². The molecule has 1 amide bonds. The normalized spacial score (nSPS) is 18.6. The predicted molar refractivity (Wildman–Crippen MR) is 82.2 cm³/mol. The molecular formula is C14H12FN5OS. The van der Waals surface area contributed by atoms with Crippen LogP contribution in [0.4, 0.5) is 4.39 Å². The van der Waals surface area contributed by atoms with Gasteiger partial charge in [-0.25, -0.2) is 9.07 Å². The molecule has 1 aliphatic heterocycles. The number of rotatable bonds is 3. The molecule has 0 aliphatic carbocycles. The minimum Gasteiger partial charge on any atom is -0.285 e. The number of hydrogen-bond acceptors (Lipinski definition) is 5. The van der Waals surface area contributed by atoms with Crippen LogP contribution in [0.5, 0.6) is 0 Å². The third kappa shape index (κ3) is 2.91. The second-order valence-electron chi connectivity index (χ2n) is 4.44. The summed E-state index contributed by atoms with van der Waals surface area (Å²) in [4.78, 5) is 14.5. The van der Waals surface area contributed by atoms with Gasteiger partial charge in [-0.05, 0) is 42.5 Å². The van der Waals surface area contributed by atoms with Crippen LogP contribution < -0.4 is 0 Å². The summed E-state index contributed by atoms with van der Waals surface area (Å²) in [5.41, 5.74) is 0.763. The number of thioether (sulfide) groups is 1. The molecule has 2 aromatic rings. The van der Waals surface area contributed by atoms with Gasteiger partial charge in [-0.1, -0.05) is 12.1 Å². The van der Waals surface area contributed by atoms with Gasteiger partial charge in [0, 0.05) is 6.54 Å². The minimum absolute atomic E-state index is 0.122. The summed E-state index contributed by atoms with van der Waals surface area (Å²) in [6.07, 6.45) is 4.63. The van der Waals surface area contributed by atoms with E-state index in [0.717, 1.165) is 5.56 Å². The molecule has 22 heavy (non-hydrogen) atoms. The monoisotopic (exact) mass is 317 g/mol. The largest absolute Gasteiger partial charge is 0.285 e. The van der Waals surface area contributed by atoms with Gasteiger partial charge in [0.1, 0.15) is 18.5 Å². The molecule has 1 saturated heterocycles. The van der Waals surface area contributed by atoms with Gasteiger partial charge in [-0.15, -0.1) is 15.3 Å². The maximum atomic E-state index is 12.9. The highest BCUT2D eigenvalue weighted by atomic mass is 32.2. The van der Waals surface area contributed by atoms with Gasteiger partial charge < -0.3 is 0 Å². The average Bonchev–Trinajstić information content (AvgIpc) is 3.11. The van der Waals surface area contributed by atoms with E-state index in [1.54, 1.807) is 23.1 Å². The first kappa shape index (κ1) is 14.5. The second-order valence-corrected chi connectivity index (χ2v) is 5.45. The van der Waals surface area contributed by atoms with Crippen LogP contribution in [0.2, 0.25) is 0 Å². The molecule has 0 saturated carbocycles. The lowest BCUT2D eigenvalue weighted by Crippen LogP contribution is -2.29. The van der Waals surface area contributed by atoms with E-state index in [2.05, 4.69) is 15.3 Å². The molecule has 0 bridgehead atoms. The quantitative estimate of drug-likeness (QED) is 0.814. The van der Waals surface area contributed by atoms with Crippen LogP contribution in [-0.2, 0) is 4.79 Å². The number of benzene rings is 1. The third-order valence-corrected chi connectivity index (χ3v) is 3.98. The van der Waals surface area contributed by atoms with Gasteiger partial charge in [-0.3, -0.25) is 9.69 Å². The highest BCUT2D eigenvalue weighted by molar-refractivity contribution is 8.18. The van der Waals surface area contributed by atoms with E-state index in [0.29, 0.717) is 16.6 Å². The van der Waals surface area contributed by atoms with Gasteiger partial charge in [-0.2, -0.15) is 0 Å². The molecule has 1 fully saturated rings. The summed E-state index contributed by atoms with van der Waals surface area (Å²) in [5, 5.41) is 12.2. The first-order valence-corrected chi connectivity index (χ1v) is 7.39. The summed E-state index contributed by atoms with van der Waals surface area (Å²) >= 11 is 1.27. The van der Waals surface area contributed by atoms with Crippen molar-refractivity contribution in [1.29, 1.82) is 0 Å². The van der Waals surface area contributed by atoms with E-state index >= 15 is 0 Å². The van der Waals surface area contributed by atoms with Gasteiger partial charge in [0.25, 0.3) is 5.91 Å². The molecule has 8 heteroatoms. The van der Waals surface area contributed by atoms with E-state index in [1.807, 2.05) is 6.92 Å². The number of carbonyl (C=O) groups is 1. The first-order chi connectivity index (χ1) is 10.7. The van der Waals surface area contributed by atoms with Gasteiger partial charge in [0.2, 0.25) is 0 Å². The van der Waals surface area contributed by atoms with Crippen molar-refractivity contribution in [2.45, 2.75) is 6.92 Å². The molecular weight excluding hydrogens is 305 g/mol. The van der Waals surface area contributed by atoms with Crippen molar-refractivity contribution < 1.29 is 9.18 Å². The Kier molecular flexibility index (Phi) is 4.01. The molecule has 1 aromatic carbocycles. The number of hydrogen-bond donors (Lipinski definition) is 0. The van der Waals surface area contributed by atoms with Crippen molar-refractivity contribution in [3.8, 4) is 0 Å². The number of likely N-dealkylation sites (N-methyl/N-ethyl adjacent to an activating group) is 1. The topological polar surface area (TPSA) is 63.4 Å². The van der Waals surface area contributed by atoms with E-state index in [1.165, 1.54) is 41.2 Å². The van der Waals surface area contributed by atoms with Crippen LogP contribution in [0.1, 0.15) is 12.5 Å². The number of halogens is 1. The predicted octanol–water partition coefficient (Wildman–Crippen LogP) is 2.17. The molecule has 2 heterocycles. The number of amides is 1. The number of aromatic nitrogens is 3. The minimum atomic E-state index is -0.308. The summed E-state index contributed by atoms with van der Waals surface area (Å²) in [7, 11) is 0. The van der Waals surface area contributed by atoms with Crippen molar-refractivity contribution in [2.24, 2.45) is 5.10 Å². The van der Waals surface area contributed by atoms with Crippen LogP contribution in [0.15, 0.2) is 46.9 Å². The average molecular weight is 317 g/mol. The standard InChI is InChI=1S/C14H12FN5OS/c1-2-20-13(21)12(7-10-3-5-11(15)6-4-10)22-14(20)18-19-8-16-17-9-19/h3-9H,2H2,1H3. The first-order valence-electron chi connectivity index (χ1n) is 6.58. The van der Waals surface area contributed by atoms with E-state index < -0.39 is 0 Å².